The molecular formula is C14H20N6O5S2. The second kappa shape index (κ2) is 7.68. The molecule has 0 atom stereocenters. The first kappa shape index (κ1) is 19.4. The minimum Gasteiger partial charge on any atom is -0.464 e. The van der Waals surface area contributed by atoms with Crippen molar-refractivity contribution in [2.45, 2.75) is 45.7 Å². The number of hydrogen-bond acceptors (Lipinski definition) is 7. The summed E-state index contributed by atoms with van der Waals surface area (Å²) >= 11 is 1.13. The molecule has 148 valence electrons. The lowest BCUT2D eigenvalue weighted by Crippen LogP contribution is -2.40. The summed E-state index contributed by atoms with van der Waals surface area (Å²) in [7, 11) is -4.36. The molecule has 1 aliphatic carbocycles. The molecule has 0 saturated heterocycles. The Morgan fingerprint density at radius 2 is 2.19 bits per heavy atom. The average Bonchev–Trinajstić information content (AvgIpc) is 3.25. The molecular weight excluding hydrogens is 396 g/mol. The molecule has 1 amide bonds. The Balaban J connectivity index is 1.87. The maximum absolute atomic E-state index is 12.4. The lowest BCUT2D eigenvalue weighted by Gasteiger charge is -2.02. The molecule has 11 nitrogen and oxygen atoms in total. The van der Waals surface area contributed by atoms with Crippen LogP contribution in [0.5, 0.6) is 6.01 Å². The number of carbonyl (C=O) groups is 1. The van der Waals surface area contributed by atoms with Gasteiger partial charge in [-0.05, 0) is 26.2 Å². The van der Waals surface area contributed by atoms with Crippen molar-refractivity contribution in [1.82, 2.24) is 23.6 Å². The van der Waals surface area contributed by atoms with Gasteiger partial charge >= 0.3 is 27.9 Å². The molecule has 2 aromatic rings. The first-order valence-electron chi connectivity index (χ1n) is 8.47. The van der Waals surface area contributed by atoms with Crippen molar-refractivity contribution in [3.05, 3.63) is 26.9 Å². The number of nitrogens with one attached hydrogen (secondary N) is 1. The quantitative estimate of drug-likeness (QED) is 0.698. The number of nitrogens with zero attached hydrogens (tertiary/aromatic N) is 5. The van der Waals surface area contributed by atoms with E-state index >= 15 is 0 Å². The van der Waals surface area contributed by atoms with Crippen LogP contribution in [0.3, 0.4) is 0 Å². The zero-order valence-corrected chi connectivity index (χ0v) is 16.5. The van der Waals surface area contributed by atoms with Gasteiger partial charge in [0, 0.05) is 24.2 Å². The van der Waals surface area contributed by atoms with Crippen LogP contribution in [0.2, 0.25) is 0 Å². The van der Waals surface area contributed by atoms with Gasteiger partial charge in [0.2, 0.25) is 4.80 Å². The van der Waals surface area contributed by atoms with E-state index < -0.39 is 21.9 Å². The van der Waals surface area contributed by atoms with Crippen molar-refractivity contribution in [1.29, 1.82) is 0 Å². The molecule has 0 bridgehead atoms. The molecule has 0 aliphatic heterocycles. The summed E-state index contributed by atoms with van der Waals surface area (Å²) in [4.78, 5) is 25.0. The molecule has 0 radical (unpaired) electrons. The highest BCUT2D eigenvalue weighted by Crippen LogP contribution is 2.35. The first-order valence-corrected chi connectivity index (χ1v) is 10.8. The summed E-state index contributed by atoms with van der Waals surface area (Å²) in [5, 5.41) is 5.51. The molecule has 1 saturated carbocycles. The molecule has 27 heavy (non-hydrogen) atoms. The van der Waals surface area contributed by atoms with Gasteiger partial charge in [-0.25, -0.2) is 18.9 Å². The van der Waals surface area contributed by atoms with E-state index in [1.165, 1.54) is 4.57 Å². The van der Waals surface area contributed by atoms with Crippen molar-refractivity contribution >= 4 is 27.6 Å². The van der Waals surface area contributed by atoms with Gasteiger partial charge in [-0.15, -0.1) is 25.5 Å². The SMILES string of the molecule is CCCn1ccs/c1=N/S(=O)(=O)NC(=O)n1nc(OCC)n(C2CC2)c1=O. The number of thiazole rings is 1. The van der Waals surface area contributed by atoms with Crippen LogP contribution in [0.15, 0.2) is 20.8 Å². The van der Waals surface area contributed by atoms with Crippen molar-refractivity contribution in [3.8, 4) is 6.01 Å². The summed E-state index contributed by atoms with van der Waals surface area (Å²) in [6.45, 7) is 4.52. The number of amides is 1. The van der Waals surface area contributed by atoms with Crippen LogP contribution in [0.25, 0.3) is 0 Å². The van der Waals surface area contributed by atoms with Gasteiger partial charge in [0.15, 0.2) is 0 Å². The Hall–Kier alpha value is -2.41. The van der Waals surface area contributed by atoms with Crippen LogP contribution < -0.4 is 20.0 Å². The van der Waals surface area contributed by atoms with E-state index in [0.717, 1.165) is 30.6 Å². The van der Waals surface area contributed by atoms with Crippen LogP contribution >= 0.6 is 11.3 Å². The first-order chi connectivity index (χ1) is 12.9. The summed E-state index contributed by atoms with van der Waals surface area (Å²) in [5.41, 5.74) is -0.745. The highest BCUT2D eigenvalue weighted by Gasteiger charge is 2.32. The standard InChI is InChI=1S/C14H20N6O5S2/c1-3-7-18-8-9-26-13(18)17-27(23,24)16-11(21)20-14(22)19(10-5-6-10)12(15-20)25-4-2/h8-10H,3-7H2,1-2H3,(H,16,21)/b17-13+. The number of rotatable bonds is 7. The van der Waals surface area contributed by atoms with Crippen LogP contribution in [0.4, 0.5) is 4.79 Å². The third-order valence-electron chi connectivity index (χ3n) is 3.70. The Bertz CT molecular complexity index is 1060. The zero-order chi connectivity index (χ0) is 19.6. The van der Waals surface area contributed by atoms with Gasteiger partial charge in [-0.2, -0.15) is 8.42 Å². The van der Waals surface area contributed by atoms with Gasteiger partial charge in [0.05, 0.1) is 6.61 Å². The van der Waals surface area contributed by atoms with Crippen LogP contribution in [-0.4, -0.2) is 40.0 Å². The minimum atomic E-state index is -4.36. The highest BCUT2D eigenvalue weighted by atomic mass is 32.2. The highest BCUT2D eigenvalue weighted by molar-refractivity contribution is 7.88. The summed E-state index contributed by atoms with van der Waals surface area (Å²) in [5.74, 6) is 0. The molecule has 13 heteroatoms. The smallest absolute Gasteiger partial charge is 0.361 e. The van der Waals surface area contributed by atoms with E-state index in [9.17, 15) is 18.0 Å². The summed E-state index contributed by atoms with van der Waals surface area (Å²) in [6, 6.07) is -1.29. The second-order valence-electron chi connectivity index (χ2n) is 5.86. The molecule has 1 aliphatic rings. The fourth-order valence-electron chi connectivity index (χ4n) is 2.43. The van der Waals surface area contributed by atoms with Gasteiger partial charge in [-0.1, -0.05) is 6.92 Å². The summed E-state index contributed by atoms with van der Waals surface area (Å²) < 4.78 is 38.5. The van der Waals surface area contributed by atoms with Crippen LogP contribution in [0, 0.1) is 0 Å². The molecule has 2 aromatic heterocycles. The number of aryl methyl sites for hydroxylation is 1. The Kier molecular flexibility index (Phi) is 5.51. The Labute approximate surface area is 159 Å². The van der Waals surface area contributed by atoms with Crippen molar-refractivity contribution in [2.75, 3.05) is 6.61 Å². The maximum atomic E-state index is 12.4. The van der Waals surface area contributed by atoms with Crippen LogP contribution in [0.1, 0.15) is 39.2 Å². The molecule has 0 aromatic carbocycles. The third-order valence-corrected chi connectivity index (χ3v) is 5.45. The van der Waals surface area contributed by atoms with E-state index in [1.807, 2.05) is 6.92 Å². The lowest BCUT2D eigenvalue weighted by atomic mass is 10.5. The number of aromatic nitrogens is 4. The normalized spacial score (nSPS) is 15.1. The number of ether oxygens (including phenoxy) is 1. The van der Waals surface area contributed by atoms with E-state index in [0.29, 0.717) is 11.2 Å². The van der Waals surface area contributed by atoms with E-state index in [2.05, 4.69) is 9.50 Å². The van der Waals surface area contributed by atoms with Crippen molar-refractivity contribution in [3.63, 3.8) is 0 Å². The maximum Gasteiger partial charge on any atom is 0.361 e. The average molecular weight is 416 g/mol. The van der Waals surface area contributed by atoms with E-state index in [-0.39, 0.29) is 23.5 Å². The summed E-state index contributed by atoms with van der Waals surface area (Å²) in [6.07, 6.45) is 4.05. The van der Waals surface area contributed by atoms with Crippen molar-refractivity contribution in [2.24, 2.45) is 4.40 Å². The molecule has 0 spiro atoms. The van der Waals surface area contributed by atoms with Gasteiger partial charge in [-0.3, -0.25) is 0 Å². The predicted molar refractivity (Wildman–Crippen MR) is 96.9 cm³/mol. The fraction of sp³-hybridized carbons (Fsp3) is 0.571. The number of carbonyl (C=O) groups excluding carboxylic acids is 1. The van der Waals surface area contributed by atoms with Crippen LogP contribution in [-0.2, 0) is 16.8 Å². The monoisotopic (exact) mass is 416 g/mol. The van der Waals surface area contributed by atoms with Gasteiger partial charge in [0.1, 0.15) is 0 Å². The minimum absolute atomic E-state index is 0.00599. The predicted octanol–water partition coefficient (Wildman–Crippen LogP) is 0.455. The topological polar surface area (TPSA) is 130 Å². The van der Waals surface area contributed by atoms with E-state index in [4.69, 9.17) is 4.74 Å². The third kappa shape index (κ3) is 4.30. The fourth-order valence-corrected chi connectivity index (χ4v) is 4.17. The van der Waals surface area contributed by atoms with Crippen molar-refractivity contribution < 1.29 is 17.9 Å². The zero-order valence-electron chi connectivity index (χ0n) is 14.9. The lowest BCUT2D eigenvalue weighted by molar-refractivity contribution is 0.242. The Morgan fingerprint density at radius 1 is 1.44 bits per heavy atom. The molecule has 0 unspecified atom stereocenters. The van der Waals surface area contributed by atoms with Gasteiger partial charge < -0.3 is 9.30 Å². The number of hydrogen-bond donors (Lipinski definition) is 1. The van der Waals surface area contributed by atoms with E-state index in [1.54, 1.807) is 27.8 Å². The largest absolute Gasteiger partial charge is 0.464 e. The molecule has 3 rings (SSSR count). The van der Waals surface area contributed by atoms with Gasteiger partial charge in [0.25, 0.3) is 0 Å². The molecule has 1 N–H and O–H groups in total. The Morgan fingerprint density at radius 3 is 2.81 bits per heavy atom. The second-order valence-corrected chi connectivity index (χ2v) is 8.07. The molecule has 1 fully saturated rings. The molecule has 2 heterocycles.